The zero-order valence-corrected chi connectivity index (χ0v) is 9.70. The summed E-state index contributed by atoms with van der Waals surface area (Å²) in [6.07, 6.45) is -13.0. The van der Waals surface area contributed by atoms with Crippen LogP contribution in [0.1, 0.15) is 5.56 Å². The molecule has 1 nitrogen and oxygen atoms in total. The lowest BCUT2D eigenvalue weighted by molar-refractivity contribution is -0.418. The first-order chi connectivity index (χ1) is 9.40. The van der Waals surface area contributed by atoms with Crippen molar-refractivity contribution in [1.82, 2.24) is 0 Å². The average molecular weight is 324 g/mol. The first kappa shape index (κ1) is 17.2. The van der Waals surface area contributed by atoms with E-state index in [1.165, 1.54) is 6.07 Å². The number of benzene rings is 1. The molecule has 0 heterocycles. The van der Waals surface area contributed by atoms with Gasteiger partial charge in [-0.1, -0.05) is 30.3 Å². The van der Waals surface area contributed by atoms with Gasteiger partial charge in [0, 0.05) is 5.56 Å². The number of hydrogen-bond donors (Lipinski definition) is 0. The highest BCUT2D eigenvalue weighted by molar-refractivity contribution is 5.59. The van der Waals surface area contributed by atoms with Gasteiger partial charge in [-0.25, -0.2) is 0 Å². The van der Waals surface area contributed by atoms with E-state index in [0.29, 0.717) is 0 Å². The van der Waals surface area contributed by atoms with Crippen LogP contribution in [0.15, 0.2) is 36.3 Å². The molecule has 1 aromatic rings. The van der Waals surface area contributed by atoms with Gasteiger partial charge >= 0.3 is 24.2 Å². The van der Waals surface area contributed by atoms with Crippen molar-refractivity contribution in [1.29, 1.82) is 0 Å². The molecular formula is C11H5F9O. The minimum Gasteiger partial charge on any atom is -0.399 e. The minimum absolute atomic E-state index is 0.680. The van der Waals surface area contributed by atoms with Gasteiger partial charge in [0.1, 0.15) is 0 Å². The van der Waals surface area contributed by atoms with Gasteiger partial charge in [0.2, 0.25) is 5.83 Å². The van der Waals surface area contributed by atoms with Gasteiger partial charge in [-0.3, -0.25) is 0 Å². The number of hydrogen-bond acceptors (Lipinski definition) is 1. The summed E-state index contributed by atoms with van der Waals surface area (Å²) in [4.78, 5) is 0. The fourth-order valence-corrected chi connectivity index (χ4v) is 1.08. The van der Waals surface area contributed by atoms with Crippen LogP contribution in [0.2, 0.25) is 0 Å². The lowest BCUT2D eigenvalue weighted by Crippen LogP contribution is -2.53. The Morgan fingerprint density at radius 2 is 1.29 bits per heavy atom. The molecule has 0 radical (unpaired) electrons. The molecule has 0 aliphatic rings. The maximum atomic E-state index is 13.3. The SMILES string of the molecule is F/C(OC(F)(F)C(F)(F)C(F)(F)F)=C(\F)c1ccccc1. The summed E-state index contributed by atoms with van der Waals surface area (Å²) in [5.41, 5.74) is -0.680. The average Bonchev–Trinajstić information content (AvgIpc) is 2.36. The molecule has 1 aromatic carbocycles. The molecule has 0 N–H and O–H groups in total. The molecule has 0 unspecified atom stereocenters. The van der Waals surface area contributed by atoms with E-state index in [1.807, 2.05) is 0 Å². The van der Waals surface area contributed by atoms with Gasteiger partial charge in [-0.15, -0.1) is 0 Å². The molecule has 0 aliphatic heterocycles. The predicted octanol–water partition coefficient (Wildman–Crippen LogP) is 5.06. The maximum Gasteiger partial charge on any atom is 0.476 e. The Morgan fingerprint density at radius 1 is 0.810 bits per heavy atom. The van der Waals surface area contributed by atoms with Crippen LogP contribution < -0.4 is 0 Å². The largest absolute Gasteiger partial charge is 0.476 e. The Labute approximate surface area is 111 Å². The summed E-state index contributed by atoms with van der Waals surface area (Å²) in [6.45, 7) is 0. The van der Waals surface area contributed by atoms with E-state index in [9.17, 15) is 39.5 Å². The molecule has 10 heteroatoms. The molecule has 0 fully saturated rings. The maximum absolute atomic E-state index is 13.3. The Bertz CT molecular complexity index is 518. The molecule has 0 aliphatic carbocycles. The number of halogens is 9. The molecule has 1 rings (SSSR count). The third-order valence-corrected chi connectivity index (χ3v) is 2.14. The molecule has 118 valence electrons. The fraction of sp³-hybridized carbons (Fsp3) is 0.273. The third-order valence-electron chi connectivity index (χ3n) is 2.14. The second-order valence-electron chi connectivity index (χ2n) is 3.64. The van der Waals surface area contributed by atoms with Crippen molar-refractivity contribution >= 4 is 5.83 Å². The molecule has 0 amide bonds. The summed E-state index contributed by atoms with van der Waals surface area (Å²) in [6, 6.07) is 2.45. The smallest absolute Gasteiger partial charge is 0.399 e. The zero-order chi connectivity index (χ0) is 16.5. The van der Waals surface area contributed by atoms with Gasteiger partial charge in [-0.2, -0.15) is 39.5 Å². The summed E-state index contributed by atoms with van der Waals surface area (Å²) < 4.78 is 114. The van der Waals surface area contributed by atoms with E-state index in [2.05, 4.69) is 4.74 Å². The van der Waals surface area contributed by atoms with E-state index in [-0.39, 0.29) is 0 Å². The zero-order valence-electron chi connectivity index (χ0n) is 9.70. The van der Waals surface area contributed by atoms with Crippen LogP contribution in [-0.4, -0.2) is 18.2 Å². The topological polar surface area (TPSA) is 9.23 Å². The molecule has 0 aromatic heterocycles. The van der Waals surface area contributed by atoms with Crippen LogP contribution in [0.5, 0.6) is 0 Å². The van der Waals surface area contributed by atoms with Gasteiger partial charge in [0.25, 0.3) is 0 Å². The van der Waals surface area contributed by atoms with Gasteiger partial charge < -0.3 is 4.74 Å². The summed E-state index contributed by atoms with van der Waals surface area (Å²) in [7, 11) is 0. The standard InChI is InChI=1S/C11H5F9O/c12-7(6-4-2-1-3-5-6)8(13)21-11(19,20)9(14,15)10(16,17)18/h1-5H/b8-7+. The monoisotopic (exact) mass is 324 g/mol. The van der Waals surface area contributed by atoms with Crippen molar-refractivity contribution in [3.63, 3.8) is 0 Å². The summed E-state index contributed by atoms with van der Waals surface area (Å²) in [5, 5.41) is 0. The van der Waals surface area contributed by atoms with Crippen LogP contribution in [0.4, 0.5) is 39.5 Å². The second kappa shape index (κ2) is 5.49. The Hall–Kier alpha value is -1.87. The van der Waals surface area contributed by atoms with Crippen molar-refractivity contribution in [3.05, 3.63) is 41.9 Å². The molecule has 0 saturated heterocycles. The Morgan fingerprint density at radius 3 is 1.71 bits per heavy atom. The fourth-order valence-electron chi connectivity index (χ4n) is 1.08. The highest BCUT2D eigenvalue weighted by Crippen LogP contribution is 2.48. The second-order valence-corrected chi connectivity index (χ2v) is 3.64. The molecule has 0 saturated carbocycles. The van der Waals surface area contributed by atoms with Gasteiger partial charge in [0.05, 0.1) is 0 Å². The van der Waals surface area contributed by atoms with Crippen molar-refractivity contribution in [2.75, 3.05) is 0 Å². The van der Waals surface area contributed by atoms with E-state index < -0.39 is 35.6 Å². The van der Waals surface area contributed by atoms with Gasteiger partial charge in [0.15, 0.2) is 0 Å². The van der Waals surface area contributed by atoms with Crippen molar-refractivity contribution in [2.24, 2.45) is 0 Å². The molecular weight excluding hydrogens is 319 g/mol. The summed E-state index contributed by atoms with van der Waals surface area (Å²) >= 11 is 0. The van der Waals surface area contributed by atoms with Crippen LogP contribution in [0.25, 0.3) is 5.83 Å². The predicted molar refractivity (Wildman–Crippen MR) is 52.6 cm³/mol. The molecule has 0 spiro atoms. The van der Waals surface area contributed by atoms with E-state index >= 15 is 0 Å². The van der Waals surface area contributed by atoms with Crippen LogP contribution >= 0.6 is 0 Å². The molecule has 0 bridgehead atoms. The van der Waals surface area contributed by atoms with Crippen molar-refractivity contribution in [3.8, 4) is 0 Å². The van der Waals surface area contributed by atoms with E-state index in [4.69, 9.17) is 0 Å². The number of rotatable bonds is 4. The highest BCUT2D eigenvalue weighted by atomic mass is 19.4. The summed E-state index contributed by atoms with van der Waals surface area (Å²) in [5.74, 6) is -8.85. The lowest BCUT2D eigenvalue weighted by Gasteiger charge is -2.27. The first-order valence-corrected chi connectivity index (χ1v) is 5.02. The Kier molecular flexibility index (Phi) is 4.49. The van der Waals surface area contributed by atoms with E-state index in [1.54, 1.807) is 0 Å². The normalized spacial score (nSPS) is 14.7. The van der Waals surface area contributed by atoms with Crippen molar-refractivity contribution < 1.29 is 44.3 Å². The quantitative estimate of drug-likeness (QED) is 0.556. The van der Waals surface area contributed by atoms with Gasteiger partial charge in [-0.05, 0) is 0 Å². The minimum atomic E-state index is -6.71. The highest BCUT2D eigenvalue weighted by Gasteiger charge is 2.76. The van der Waals surface area contributed by atoms with E-state index in [0.717, 1.165) is 24.3 Å². The third kappa shape index (κ3) is 3.42. The van der Waals surface area contributed by atoms with Crippen LogP contribution in [-0.2, 0) is 4.74 Å². The van der Waals surface area contributed by atoms with Crippen LogP contribution in [0, 0.1) is 0 Å². The molecule has 21 heavy (non-hydrogen) atoms. The van der Waals surface area contributed by atoms with Crippen LogP contribution in [0.3, 0.4) is 0 Å². The number of alkyl halides is 7. The Balaban J connectivity index is 3.09. The molecule has 0 atom stereocenters. The van der Waals surface area contributed by atoms with Crippen molar-refractivity contribution in [2.45, 2.75) is 18.2 Å². The number of ether oxygens (including phenoxy) is 1. The first-order valence-electron chi connectivity index (χ1n) is 5.02. The lowest BCUT2D eigenvalue weighted by atomic mass is 10.2.